The minimum atomic E-state index is -0.268. The van der Waals surface area contributed by atoms with Crippen LogP contribution >= 0.6 is 11.6 Å². The van der Waals surface area contributed by atoms with Gasteiger partial charge < -0.3 is 20.3 Å². The zero-order chi connectivity index (χ0) is 18.1. The number of amides is 2. The Morgan fingerprint density at radius 2 is 2.00 bits per heavy atom. The SMILES string of the molecule is CCOC(=O)N1CCC(NC(=O)CCNCc2ccccc2Cl)CC1. The zero-order valence-electron chi connectivity index (χ0n) is 14.6. The fourth-order valence-electron chi connectivity index (χ4n) is 2.79. The maximum Gasteiger partial charge on any atom is 0.409 e. The molecule has 1 aliphatic heterocycles. The molecular weight excluding hydrogens is 342 g/mol. The average molecular weight is 368 g/mol. The van der Waals surface area contributed by atoms with Gasteiger partial charge in [-0.15, -0.1) is 0 Å². The van der Waals surface area contributed by atoms with Crippen LogP contribution in [0.4, 0.5) is 4.79 Å². The molecule has 0 unspecified atom stereocenters. The Bertz CT molecular complexity index is 574. The van der Waals surface area contributed by atoms with Gasteiger partial charge in [-0.3, -0.25) is 4.79 Å². The van der Waals surface area contributed by atoms with Crippen molar-refractivity contribution in [2.75, 3.05) is 26.2 Å². The number of benzene rings is 1. The Morgan fingerprint density at radius 3 is 2.68 bits per heavy atom. The quantitative estimate of drug-likeness (QED) is 0.726. The Kier molecular flexibility index (Phi) is 8.01. The lowest BCUT2D eigenvalue weighted by atomic mass is 10.1. The molecule has 1 aromatic carbocycles. The minimum absolute atomic E-state index is 0.0289. The fourth-order valence-corrected chi connectivity index (χ4v) is 2.99. The molecule has 0 saturated carbocycles. The van der Waals surface area contributed by atoms with Crippen LogP contribution in [0.15, 0.2) is 24.3 Å². The third-order valence-corrected chi connectivity index (χ3v) is 4.56. The van der Waals surface area contributed by atoms with E-state index >= 15 is 0 Å². The number of nitrogens with zero attached hydrogens (tertiary/aromatic N) is 1. The number of likely N-dealkylation sites (tertiary alicyclic amines) is 1. The fraction of sp³-hybridized carbons (Fsp3) is 0.556. The average Bonchev–Trinajstić information content (AvgIpc) is 2.61. The molecule has 1 fully saturated rings. The first-order chi connectivity index (χ1) is 12.1. The molecule has 7 heteroatoms. The van der Waals surface area contributed by atoms with Crippen LogP contribution in [0.1, 0.15) is 31.7 Å². The van der Waals surface area contributed by atoms with Crippen LogP contribution in [0.3, 0.4) is 0 Å². The molecule has 1 heterocycles. The van der Waals surface area contributed by atoms with E-state index in [9.17, 15) is 9.59 Å². The molecule has 138 valence electrons. The number of nitrogens with one attached hydrogen (secondary N) is 2. The summed E-state index contributed by atoms with van der Waals surface area (Å²) in [5, 5.41) is 7.00. The van der Waals surface area contributed by atoms with E-state index in [0.29, 0.717) is 39.2 Å². The molecule has 2 rings (SSSR count). The van der Waals surface area contributed by atoms with Crippen molar-refractivity contribution in [3.63, 3.8) is 0 Å². The molecule has 6 nitrogen and oxygen atoms in total. The minimum Gasteiger partial charge on any atom is -0.450 e. The van der Waals surface area contributed by atoms with Gasteiger partial charge in [0.15, 0.2) is 0 Å². The predicted molar refractivity (Wildman–Crippen MR) is 97.5 cm³/mol. The number of halogens is 1. The van der Waals surface area contributed by atoms with E-state index in [1.54, 1.807) is 11.8 Å². The number of hydrogen-bond acceptors (Lipinski definition) is 4. The summed E-state index contributed by atoms with van der Waals surface area (Å²) in [6.45, 7) is 4.66. The monoisotopic (exact) mass is 367 g/mol. The third-order valence-electron chi connectivity index (χ3n) is 4.19. The lowest BCUT2D eigenvalue weighted by Crippen LogP contribution is -2.47. The van der Waals surface area contributed by atoms with E-state index in [4.69, 9.17) is 16.3 Å². The second-order valence-electron chi connectivity index (χ2n) is 6.05. The predicted octanol–water partition coefficient (Wildman–Crippen LogP) is 2.56. The molecule has 0 bridgehead atoms. The maximum atomic E-state index is 12.0. The highest BCUT2D eigenvalue weighted by molar-refractivity contribution is 6.31. The second kappa shape index (κ2) is 10.3. The Morgan fingerprint density at radius 1 is 1.28 bits per heavy atom. The molecule has 2 amide bonds. The summed E-state index contributed by atoms with van der Waals surface area (Å²) in [6.07, 6.45) is 1.67. The van der Waals surface area contributed by atoms with Gasteiger partial charge in [-0.1, -0.05) is 29.8 Å². The smallest absolute Gasteiger partial charge is 0.409 e. The molecule has 0 radical (unpaired) electrons. The lowest BCUT2D eigenvalue weighted by Gasteiger charge is -2.31. The molecule has 0 aromatic heterocycles. The molecule has 0 spiro atoms. The molecule has 2 N–H and O–H groups in total. The van der Waals surface area contributed by atoms with E-state index in [2.05, 4.69) is 10.6 Å². The number of piperidine rings is 1. The topological polar surface area (TPSA) is 70.7 Å². The van der Waals surface area contributed by atoms with Crippen molar-refractivity contribution in [3.05, 3.63) is 34.9 Å². The van der Waals surface area contributed by atoms with Gasteiger partial charge in [0.2, 0.25) is 5.91 Å². The van der Waals surface area contributed by atoms with Gasteiger partial charge in [0.05, 0.1) is 6.61 Å². The van der Waals surface area contributed by atoms with E-state index in [1.165, 1.54) is 0 Å². The third kappa shape index (κ3) is 6.55. The maximum absolute atomic E-state index is 12.0. The molecule has 1 aromatic rings. The van der Waals surface area contributed by atoms with Gasteiger partial charge in [0.1, 0.15) is 0 Å². The van der Waals surface area contributed by atoms with Crippen LogP contribution < -0.4 is 10.6 Å². The molecule has 1 saturated heterocycles. The van der Waals surface area contributed by atoms with Crippen LogP contribution in [0.2, 0.25) is 5.02 Å². The van der Waals surface area contributed by atoms with Gasteiger partial charge >= 0.3 is 6.09 Å². The van der Waals surface area contributed by atoms with Crippen molar-refractivity contribution in [2.24, 2.45) is 0 Å². The van der Waals surface area contributed by atoms with Gasteiger partial charge in [-0.25, -0.2) is 4.79 Å². The number of ether oxygens (including phenoxy) is 1. The number of rotatable bonds is 7. The first-order valence-electron chi connectivity index (χ1n) is 8.75. The Balaban J connectivity index is 1.60. The highest BCUT2D eigenvalue weighted by atomic mass is 35.5. The van der Waals surface area contributed by atoms with Gasteiger partial charge in [-0.05, 0) is 31.4 Å². The zero-order valence-corrected chi connectivity index (χ0v) is 15.3. The van der Waals surface area contributed by atoms with Crippen molar-refractivity contribution < 1.29 is 14.3 Å². The summed E-state index contributed by atoms with van der Waals surface area (Å²) in [5.74, 6) is 0.0289. The van der Waals surface area contributed by atoms with Crippen molar-refractivity contribution in [3.8, 4) is 0 Å². The van der Waals surface area contributed by atoms with Crippen LogP contribution in [0, 0.1) is 0 Å². The summed E-state index contributed by atoms with van der Waals surface area (Å²) in [4.78, 5) is 25.4. The molecule has 25 heavy (non-hydrogen) atoms. The first kappa shape index (κ1) is 19.5. The highest BCUT2D eigenvalue weighted by Gasteiger charge is 2.24. The van der Waals surface area contributed by atoms with Gasteiger partial charge in [0.25, 0.3) is 0 Å². The molecular formula is C18H26ClN3O3. The summed E-state index contributed by atoms with van der Waals surface area (Å²) in [5.41, 5.74) is 1.02. The second-order valence-corrected chi connectivity index (χ2v) is 6.45. The van der Waals surface area contributed by atoms with Crippen LogP contribution in [0.25, 0.3) is 0 Å². The number of carbonyl (C=O) groups excluding carboxylic acids is 2. The number of hydrogen-bond donors (Lipinski definition) is 2. The summed E-state index contributed by atoms with van der Waals surface area (Å²) in [6, 6.07) is 7.78. The Labute approximate surface area is 153 Å². The van der Waals surface area contributed by atoms with E-state index in [-0.39, 0.29) is 18.0 Å². The van der Waals surface area contributed by atoms with Crippen LogP contribution in [-0.2, 0) is 16.1 Å². The first-order valence-corrected chi connectivity index (χ1v) is 9.13. The van der Waals surface area contributed by atoms with Gasteiger partial charge in [0, 0.05) is 43.7 Å². The molecule has 0 aliphatic carbocycles. The van der Waals surface area contributed by atoms with E-state index in [1.807, 2.05) is 24.3 Å². The summed E-state index contributed by atoms with van der Waals surface area (Å²) in [7, 11) is 0. The normalized spacial score (nSPS) is 15.0. The summed E-state index contributed by atoms with van der Waals surface area (Å²) < 4.78 is 4.99. The van der Waals surface area contributed by atoms with Crippen LogP contribution in [0.5, 0.6) is 0 Å². The largest absolute Gasteiger partial charge is 0.450 e. The Hall–Kier alpha value is -1.79. The standard InChI is InChI=1S/C18H26ClN3O3/c1-2-25-18(24)22-11-8-15(9-12-22)21-17(23)7-10-20-13-14-5-3-4-6-16(14)19/h3-6,15,20H,2,7-13H2,1H3,(H,21,23). The van der Waals surface area contributed by atoms with Crippen molar-refractivity contribution in [1.29, 1.82) is 0 Å². The molecule has 1 aliphatic rings. The molecule has 0 atom stereocenters. The summed E-state index contributed by atoms with van der Waals surface area (Å²) >= 11 is 6.09. The highest BCUT2D eigenvalue weighted by Crippen LogP contribution is 2.14. The van der Waals surface area contributed by atoms with Gasteiger partial charge in [-0.2, -0.15) is 0 Å². The number of carbonyl (C=O) groups is 2. The van der Waals surface area contributed by atoms with Crippen molar-refractivity contribution in [2.45, 2.75) is 38.8 Å². The van der Waals surface area contributed by atoms with Crippen molar-refractivity contribution in [1.82, 2.24) is 15.5 Å². The van der Waals surface area contributed by atoms with E-state index in [0.717, 1.165) is 23.4 Å². The van der Waals surface area contributed by atoms with Crippen molar-refractivity contribution >= 4 is 23.6 Å². The van der Waals surface area contributed by atoms with Crippen LogP contribution in [-0.4, -0.2) is 49.2 Å². The van der Waals surface area contributed by atoms with E-state index < -0.39 is 0 Å². The lowest BCUT2D eigenvalue weighted by molar-refractivity contribution is -0.122.